The first-order chi connectivity index (χ1) is 8.99. The van der Waals surface area contributed by atoms with Crippen LogP contribution >= 0.6 is 15.9 Å². The maximum absolute atomic E-state index is 13.7. The lowest BCUT2D eigenvalue weighted by Crippen LogP contribution is -2.37. The molecule has 102 valence electrons. The van der Waals surface area contributed by atoms with Crippen LogP contribution in [0.2, 0.25) is 0 Å². The molecule has 1 atom stereocenters. The number of halogens is 2. The molecule has 1 fully saturated rings. The third-order valence-electron chi connectivity index (χ3n) is 3.21. The van der Waals surface area contributed by atoms with Gasteiger partial charge in [-0.15, -0.1) is 0 Å². The molecular weight excluding hydrogens is 317 g/mol. The van der Waals surface area contributed by atoms with Gasteiger partial charge in [0.05, 0.1) is 12.0 Å². The van der Waals surface area contributed by atoms with Crippen LogP contribution in [0, 0.1) is 5.82 Å². The number of amides is 1. The molecule has 2 rings (SSSR count). The molecule has 0 aromatic heterocycles. The van der Waals surface area contributed by atoms with Gasteiger partial charge in [0.1, 0.15) is 5.82 Å². The molecule has 1 amide bonds. The van der Waals surface area contributed by atoms with Crippen LogP contribution in [0.25, 0.3) is 0 Å². The van der Waals surface area contributed by atoms with Crippen molar-refractivity contribution < 1.29 is 19.1 Å². The molecule has 0 saturated carbocycles. The summed E-state index contributed by atoms with van der Waals surface area (Å²) in [5, 5.41) is 8.82. The predicted octanol–water partition coefficient (Wildman–Crippen LogP) is 2.67. The van der Waals surface area contributed by atoms with E-state index in [0.29, 0.717) is 17.4 Å². The number of carbonyl (C=O) groups is 2. The second kappa shape index (κ2) is 5.69. The molecule has 4 nitrogen and oxygen atoms in total. The van der Waals surface area contributed by atoms with Crippen molar-refractivity contribution in [3.05, 3.63) is 34.1 Å². The lowest BCUT2D eigenvalue weighted by atomic mass is 10.1. The molecule has 1 heterocycles. The van der Waals surface area contributed by atoms with E-state index >= 15 is 0 Å². The first-order valence-corrected chi connectivity index (χ1v) is 6.76. The van der Waals surface area contributed by atoms with E-state index in [1.54, 1.807) is 0 Å². The van der Waals surface area contributed by atoms with Gasteiger partial charge in [0, 0.05) is 17.1 Å². The lowest BCUT2D eigenvalue weighted by Gasteiger charge is -2.23. The first-order valence-electron chi connectivity index (χ1n) is 5.97. The summed E-state index contributed by atoms with van der Waals surface area (Å²) in [5.41, 5.74) is -0.0216. The van der Waals surface area contributed by atoms with E-state index in [-0.39, 0.29) is 18.0 Å². The molecule has 1 aromatic rings. The molecule has 6 heteroatoms. The Bertz CT molecular complexity index is 521. The van der Waals surface area contributed by atoms with Crippen LogP contribution in [-0.4, -0.2) is 34.5 Å². The Morgan fingerprint density at radius 3 is 2.89 bits per heavy atom. The van der Waals surface area contributed by atoms with Crippen molar-refractivity contribution in [2.75, 3.05) is 6.54 Å². The van der Waals surface area contributed by atoms with E-state index in [4.69, 9.17) is 5.11 Å². The van der Waals surface area contributed by atoms with Gasteiger partial charge in [-0.1, -0.05) is 15.9 Å². The fraction of sp³-hybridized carbons (Fsp3) is 0.385. The third-order valence-corrected chi connectivity index (χ3v) is 3.70. The first kappa shape index (κ1) is 14.0. The molecule has 1 aliphatic rings. The summed E-state index contributed by atoms with van der Waals surface area (Å²) in [4.78, 5) is 24.5. The smallest absolute Gasteiger partial charge is 0.305 e. The van der Waals surface area contributed by atoms with Gasteiger partial charge in [-0.3, -0.25) is 9.59 Å². The van der Waals surface area contributed by atoms with Crippen LogP contribution in [0.3, 0.4) is 0 Å². The van der Waals surface area contributed by atoms with Gasteiger partial charge >= 0.3 is 5.97 Å². The standard InChI is InChI=1S/C13H13BrFNO3/c14-8-3-4-11(15)10(6-8)13(19)16-5-1-2-9(16)7-12(17)18/h3-4,6,9H,1-2,5,7H2,(H,17,18). The maximum Gasteiger partial charge on any atom is 0.305 e. The molecule has 1 saturated heterocycles. The Morgan fingerprint density at radius 2 is 2.21 bits per heavy atom. The highest BCUT2D eigenvalue weighted by molar-refractivity contribution is 9.10. The number of nitrogens with zero attached hydrogens (tertiary/aromatic N) is 1. The van der Waals surface area contributed by atoms with Crippen molar-refractivity contribution in [3.63, 3.8) is 0 Å². The highest BCUT2D eigenvalue weighted by Gasteiger charge is 2.32. The van der Waals surface area contributed by atoms with Gasteiger partial charge in [0.25, 0.3) is 5.91 Å². The van der Waals surface area contributed by atoms with Crippen molar-refractivity contribution in [3.8, 4) is 0 Å². The summed E-state index contributed by atoms with van der Waals surface area (Å²) in [6.45, 7) is 0.475. The summed E-state index contributed by atoms with van der Waals surface area (Å²) in [5.74, 6) is -1.98. The van der Waals surface area contributed by atoms with Crippen LogP contribution in [0.15, 0.2) is 22.7 Å². The number of aliphatic carboxylic acids is 1. The Kier molecular flexibility index (Phi) is 4.19. The summed E-state index contributed by atoms with van der Waals surface area (Å²) < 4.78 is 14.3. The average molecular weight is 330 g/mol. The Morgan fingerprint density at radius 1 is 1.47 bits per heavy atom. The van der Waals surface area contributed by atoms with Crippen LogP contribution in [0.4, 0.5) is 4.39 Å². The number of hydrogen-bond acceptors (Lipinski definition) is 2. The van der Waals surface area contributed by atoms with Gasteiger partial charge in [0.15, 0.2) is 0 Å². The fourth-order valence-corrected chi connectivity index (χ4v) is 2.69. The van der Waals surface area contributed by atoms with Crippen molar-refractivity contribution >= 4 is 27.8 Å². The Balaban J connectivity index is 2.23. The fourth-order valence-electron chi connectivity index (χ4n) is 2.33. The van der Waals surface area contributed by atoms with E-state index < -0.39 is 17.7 Å². The largest absolute Gasteiger partial charge is 0.481 e. The minimum atomic E-state index is -0.945. The summed E-state index contributed by atoms with van der Waals surface area (Å²) in [6.07, 6.45) is 1.30. The van der Waals surface area contributed by atoms with Gasteiger partial charge in [-0.2, -0.15) is 0 Å². The molecule has 0 bridgehead atoms. The van der Waals surface area contributed by atoms with E-state index in [2.05, 4.69) is 15.9 Å². The molecule has 0 spiro atoms. The number of likely N-dealkylation sites (tertiary alicyclic amines) is 1. The Hall–Kier alpha value is -1.43. The van der Waals surface area contributed by atoms with Crippen LogP contribution < -0.4 is 0 Å². The highest BCUT2D eigenvalue weighted by atomic mass is 79.9. The Labute approximate surface area is 118 Å². The van der Waals surface area contributed by atoms with Gasteiger partial charge in [-0.05, 0) is 31.0 Å². The second-order valence-electron chi connectivity index (χ2n) is 4.52. The van der Waals surface area contributed by atoms with E-state index in [1.807, 2.05) is 0 Å². The van der Waals surface area contributed by atoms with Gasteiger partial charge < -0.3 is 10.0 Å². The van der Waals surface area contributed by atoms with Crippen LogP contribution in [-0.2, 0) is 4.79 Å². The summed E-state index contributed by atoms with van der Waals surface area (Å²) in [6, 6.07) is 3.82. The molecule has 1 unspecified atom stereocenters. The topological polar surface area (TPSA) is 57.6 Å². The summed E-state index contributed by atoms with van der Waals surface area (Å²) >= 11 is 3.20. The van der Waals surface area contributed by atoms with Crippen LogP contribution in [0.5, 0.6) is 0 Å². The van der Waals surface area contributed by atoms with Crippen LogP contribution in [0.1, 0.15) is 29.6 Å². The van der Waals surface area contributed by atoms with E-state index in [9.17, 15) is 14.0 Å². The van der Waals surface area contributed by atoms with Crippen molar-refractivity contribution in [2.24, 2.45) is 0 Å². The second-order valence-corrected chi connectivity index (χ2v) is 5.43. The minimum Gasteiger partial charge on any atom is -0.481 e. The lowest BCUT2D eigenvalue weighted by molar-refractivity contribution is -0.137. The number of carboxylic acids is 1. The maximum atomic E-state index is 13.7. The number of rotatable bonds is 3. The monoisotopic (exact) mass is 329 g/mol. The molecule has 1 aromatic carbocycles. The molecule has 0 aliphatic carbocycles. The molecular formula is C13H13BrFNO3. The summed E-state index contributed by atoms with van der Waals surface area (Å²) in [7, 11) is 0. The van der Waals surface area contributed by atoms with Crippen molar-refractivity contribution in [2.45, 2.75) is 25.3 Å². The van der Waals surface area contributed by atoms with Crippen molar-refractivity contribution in [1.29, 1.82) is 0 Å². The zero-order valence-electron chi connectivity index (χ0n) is 10.1. The number of benzene rings is 1. The number of hydrogen-bond donors (Lipinski definition) is 1. The third kappa shape index (κ3) is 3.12. The van der Waals surface area contributed by atoms with Gasteiger partial charge in [0.2, 0.25) is 0 Å². The van der Waals surface area contributed by atoms with E-state index in [0.717, 1.165) is 6.42 Å². The number of carboxylic acid groups (broad SMARTS) is 1. The molecule has 19 heavy (non-hydrogen) atoms. The van der Waals surface area contributed by atoms with Gasteiger partial charge in [-0.25, -0.2) is 4.39 Å². The zero-order valence-corrected chi connectivity index (χ0v) is 11.7. The normalized spacial score (nSPS) is 18.6. The molecule has 1 aliphatic heterocycles. The minimum absolute atomic E-state index is 0.0216. The SMILES string of the molecule is O=C(O)CC1CCCN1C(=O)c1cc(Br)ccc1F. The van der Waals surface area contributed by atoms with Crippen molar-refractivity contribution in [1.82, 2.24) is 4.90 Å². The molecule has 1 N–H and O–H groups in total. The average Bonchev–Trinajstić information content (AvgIpc) is 2.78. The highest BCUT2D eigenvalue weighted by Crippen LogP contribution is 2.25. The molecule has 0 radical (unpaired) electrons. The van der Waals surface area contributed by atoms with E-state index in [1.165, 1.54) is 23.1 Å². The quantitative estimate of drug-likeness (QED) is 0.927. The number of carbonyl (C=O) groups excluding carboxylic acids is 1. The zero-order chi connectivity index (χ0) is 14.0. The predicted molar refractivity (Wildman–Crippen MR) is 70.4 cm³/mol.